The lowest BCUT2D eigenvalue weighted by molar-refractivity contribution is -0.274. The van der Waals surface area contributed by atoms with Crippen LogP contribution in [-0.4, -0.2) is 42.1 Å². The SMILES string of the molecule is O=C(O)NCC1CCN(Cc2ccc(OC(F)(F)F)cc2)CC1. The summed E-state index contributed by atoms with van der Waals surface area (Å²) < 4.78 is 40.1. The first-order chi connectivity index (χ1) is 10.8. The van der Waals surface area contributed by atoms with Crippen LogP contribution in [0.2, 0.25) is 0 Å². The Bertz CT molecular complexity index is 512. The Balaban J connectivity index is 1.77. The quantitative estimate of drug-likeness (QED) is 0.870. The van der Waals surface area contributed by atoms with Crippen LogP contribution >= 0.6 is 0 Å². The van der Waals surface area contributed by atoms with Gasteiger partial charge in [0.25, 0.3) is 0 Å². The van der Waals surface area contributed by atoms with Gasteiger partial charge in [-0.15, -0.1) is 13.2 Å². The number of carbonyl (C=O) groups is 1. The summed E-state index contributed by atoms with van der Waals surface area (Å²) in [5.74, 6) is 0.115. The second kappa shape index (κ2) is 7.54. The van der Waals surface area contributed by atoms with E-state index in [1.165, 1.54) is 12.1 Å². The van der Waals surface area contributed by atoms with Gasteiger partial charge in [0.1, 0.15) is 5.75 Å². The second-order valence-corrected chi connectivity index (χ2v) is 5.60. The lowest BCUT2D eigenvalue weighted by Gasteiger charge is -2.31. The summed E-state index contributed by atoms with van der Waals surface area (Å²) in [7, 11) is 0. The molecule has 0 radical (unpaired) electrons. The molecule has 0 aromatic heterocycles. The highest BCUT2D eigenvalue weighted by molar-refractivity contribution is 5.64. The molecular formula is C15H19F3N2O3. The molecule has 1 fully saturated rings. The van der Waals surface area contributed by atoms with Gasteiger partial charge in [-0.2, -0.15) is 0 Å². The molecule has 0 saturated carbocycles. The molecule has 2 N–H and O–H groups in total. The van der Waals surface area contributed by atoms with Crippen molar-refractivity contribution in [2.45, 2.75) is 25.7 Å². The predicted octanol–water partition coefficient (Wildman–Crippen LogP) is 3.06. The second-order valence-electron chi connectivity index (χ2n) is 5.60. The Kier molecular flexibility index (Phi) is 5.70. The highest BCUT2D eigenvalue weighted by atomic mass is 19.4. The normalized spacial score (nSPS) is 17.0. The minimum absolute atomic E-state index is 0.222. The lowest BCUT2D eigenvalue weighted by Crippen LogP contribution is -2.37. The van der Waals surface area contributed by atoms with Crippen molar-refractivity contribution in [3.8, 4) is 5.75 Å². The molecule has 0 unspecified atom stereocenters. The van der Waals surface area contributed by atoms with E-state index in [0.717, 1.165) is 31.5 Å². The van der Waals surface area contributed by atoms with Crippen LogP contribution in [0.5, 0.6) is 5.75 Å². The summed E-state index contributed by atoms with van der Waals surface area (Å²) in [6.07, 6.45) is -3.88. The third-order valence-corrected chi connectivity index (χ3v) is 3.81. The van der Waals surface area contributed by atoms with Crippen molar-refractivity contribution in [2.75, 3.05) is 19.6 Å². The van der Waals surface area contributed by atoms with Gasteiger partial charge in [-0.1, -0.05) is 12.1 Å². The van der Waals surface area contributed by atoms with Crippen molar-refractivity contribution in [1.82, 2.24) is 10.2 Å². The number of rotatable bonds is 5. The van der Waals surface area contributed by atoms with Crippen LogP contribution in [0.15, 0.2) is 24.3 Å². The van der Waals surface area contributed by atoms with Crippen molar-refractivity contribution in [1.29, 1.82) is 0 Å². The van der Waals surface area contributed by atoms with Gasteiger partial charge in [-0.05, 0) is 49.5 Å². The highest BCUT2D eigenvalue weighted by Crippen LogP contribution is 2.24. The van der Waals surface area contributed by atoms with Gasteiger partial charge >= 0.3 is 12.5 Å². The fraction of sp³-hybridized carbons (Fsp3) is 0.533. The largest absolute Gasteiger partial charge is 0.573 e. The zero-order chi connectivity index (χ0) is 16.9. The molecule has 0 spiro atoms. The van der Waals surface area contributed by atoms with E-state index in [2.05, 4.69) is 15.0 Å². The zero-order valence-electron chi connectivity index (χ0n) is 12.5. The van der Waals surface area contributed by atoms with Gasteiger partial charge in [0.2, 0.25) is 0 Å². The summed E-state index contributed by atoms with van der Waals surface area (Å²) >= 11 is 0. The molecule has 1 aromatic carbocycles. The van der Waals surface area contributed by atoms with E-state index in [9.17, 15) is 18.0 Å². The minimum atomic E-state index is -4.67. The van der Waals surface area contributed by atoms with Gasteiger partial charge in [-0.25, -0.2) is 4.79 Å². The molecule has 1 saturated heterocycles. The Morgan fingerprint density at radius 2 is 1.87 bits per heavy atom. The molecular weight excluding hydrogens is 313 g/mol. The number of carboxylic acid groups (broad SMARTS) is 1. The van der Waals surface area contributed by atoms with E-state index in [1.54, 1.807) is 12.1 Å². The molecule has 23 heavy (non-hydrogen) atoms. The van der Waals surface area contributed by atoms with Gasteiger partial charge in [0.05, 0.1) is 0 Å². The topological polar surface area (TPSA) is 61.8 Å². The van der Waals surface area contributed by atoms with Crippen LogP contribution < -0.4 is 10.1 Å². The number of hydrogen-bond donors (Lipinski definition) is 2. The number of benzene rings is 1. The smallest absolute Gasteiger partial charge is 0.465 e. The van der Waals surface area contributed by atoms with Gasteiger partial charge in [-0.3, -0.25) is 4.90 Å². The molecule has 0 aliphatic carbocycles. The van der Waals surface area contributed by atoms with Gasteiger partial charge < -0.3 is 15.2 Å². The number of likely N-dealkylation sites (tertiary alicyclic amines) is 1. The molecule has 2 rings (SSSR count). The van der Waals surface area contributed by atoms with E-state index in [4.69, 9.17) is 5.11 Å². The molecule has 1 heterocycles. The maximum absolute atomic E-state index is 12.1. The Morgan fingerprint density at radius 1 is 1.26 bits per heavy atom. The van der Waals surface area contributed by atoms with Crippen molar-refractivity contribution in [2.24, 2.45) is 5.92 Å². The highest BCUT2D eigenvalue weighted by Gasteiger charge is 2.31. The Hall–Kier alpha value is -1.96. The van der Waals surface area contributed by atoms with E-state index >= 15 is 0 Å². The number of nitrogens with zero attached hydrogens (tertiary/aromatic N) is 1. The zero-order valence-corrected chi connectivity index (χ0v) is 12.5. The summed E-state index contributed by atoms with van der Waals surface area (Å²) in [5, 5.41) is 11.0. The lowest BCUT2D eigenvalue weighted by atomic mass is 9.96. The van der Waals surface area contributed by atoms with Gasteiger partial charge in [0.15, 0.2) is 0 Å². The molecule has 0 atom stereocenters. The summed E-state index contributed by atoms with van der Waals surface area (Å²) in [6, 6.07) is 5.87. The summed E-state index contributed by atoms with van der Waals surface area (Å²) in [4.78, 5) is 12.7. The molecule has 1 aliphatic heterocycles. The van der Waals surface area contributed by atoms with Crippen molar-refractivity contribution < 1.29 is 27.8 Å². The van der Waals surface area contributed by atoms with Gasteiger partial charge in [0, 0.05) is 13.1 Å². The van der Waals surface area contributed by atoms with Crippen molar-refractivity contribution in [3.05, 3.63) is 29.8 Å². The fourth-order valence-electron chi connectivity index (χ4n) is 2.64. The predicted molar refractivity (Wildman–Crippen MR) is 77.2 cm³/mol. The standard InChI is InChI=1S/C15H19F3N2O3/c16-15(17,18)23-13-3-1-12(2-4-13)10-20-7-5-11(6-8-20)9-19-14(21)22/h1-4,11,19H,5-10H2,(H,21,22). The van der Waals surface area contributed by atoms with Crippen LogP contribution in [-0.2, 0) is 6.54 Å². The number of piperidine rings is 1. The first kappa shape index (κ1) is 17.4. The first-order valence-electron chi connectivity index (χ1n) is 7.35. The maximum Gasteiger partial charge on any atom is 0.573 e. The Morgan fingerprint density at radius 3 is 2.39 bits per heavy atom. The number of amides is 1. The average Bonchev–Trinajstić information content (AvgIpc) is 2.47. The Labute approximate surface area is 132 Å². The maximum atomic E-state index is 12.1. The molecule has 0 bridgehead atoms. The van der Waals surface area contributed by atoms with Crippen LogP contribution in [0, 0.1) is 5.92 Å². The van der Waals surface area contributed by atoms with Crippen LogP contribution in [0.4, 0.5) is 18.0 Å². The number of ether oxygens (including phenoxy) is 1. The monoisotopic (exact) mass is 332 g/mol. The van der Waals surface area contributed by atoms with Crippen molar-refractivity contribution in [3.63, 3.8) is 0 Å². The molecule has 5 nitrogen and oxygen atoms in total. The number of nitrogens with one attached hydrogen (secondary N) is 1. The van der Waals surface area contributed by atoms with Crippen molar-refractivity contribution >= 4 is 6.09 Å². The summed E-state index contributed by atoms with van der Waals surface area (Å²) in [6.45, 7) is 2.80. The molecule has 1 amide bonds. The van der Waals surface area contributed by atoms with E-state index < -0.39 is 12.5 Å². The molecule has 1 aliphatic rings. The van der Waals surface area contributed by atoms with Crippen LogP contribution in [0.25, 0.3) is 0 Å². The minimum Gasteiger partial charge on any atom is -0.465 e. The summed E-state index contributed by atoms with van der Waals surface area (Å²) in [5.41, 5.74) is 0.918. The third kappa shape index (κ3) is 6.35. The number of halogens is 3. The van der Waals surface area contributed by atoms with E-state index in [0.29, 0.717) is 19.0 Å². The first-order valence-corrected chi connectivity index (χ1v) is 7.35. The molecule has 1 aromatic rings. The third-order valence-electron chi connectivity index (χ3n) is 3.81. The number of alkyl halides is 3. The van der Waals surface area contributed by atoms with Crippen LogP contribution in [0.1, 0.15) is 18.4 Å². The average molecular weight is 332 g/mol. The fourth-order valence-corrected chi connectivity index (χ4v) is 2.64. The van der Waals surface area contributed by atoms with Crippen LogP contribution in [0.3, 0.4) is 0 Å². The molecule has 8 heteroatoms. The number of hydrogen-bond acceptors (Lipinski definition) is 3. The van der Waals surface area contributed by atoms with E-state index in [1.807, 2.05) is 0 Å². The molecule has 128 valence electrons. The van der Waals surface area contributed by atoms with E-state index in [-0.39, 0.29) is 5.75 Å².